The monoisotopic (exact) mass is 348 g/mol. The van der Waals surface area contributed by atoms with Gasteiger partial charge in [0.1, 0.15) is 9.84 Å². The Morgan fingerprint density at radius 1 is 1.42 bits per heavy atom. The summed E-state index contributed by atoms with van der Waals surface area (Å²) >= 11 is 3.39. The van der Waals surface area contributed by atoms with Gasteiger partial charge in [-0.1, -0.05) is 12.1 Å². The molecule has 0 radical (unpaired) electrons. The standard InChI is InChI=1S/C12H17BrN2O3S/c1-8-5-4-6-10(11(8)13)15-12(16)14-9(2)7-19(3,17)18/h4-6,9H,7H2,1-3H3,(H2,14,15,16). The van der Waals surface area contributed by atoms with Gasteiger partial charge in [0.05, 0.1) is 11.4 Å². The van der Waals surface area contributed by atoms with Crippen molar-refractivity contribution in [2.75, 3.05) is 17.3 Å². The largest absolute Gasteiger partial charge is 0.334 e. The Morgan fingerprint density at radius 2 is 2.05 bits per heavy atom. The van der Waals surface area contributed by atoms with Crippen molar-refractivity contribution in [1.82, 2.24) is 5.32 Å². The minimum Gasteiger partial charge on any atom is -0.334 e. The summed E-state index contributed by atoms with van der Waals surface area (Å²) < 4.78 is 23.0. The van der Waals surface area contributed by atoms with Gasteiger partial charge >= 0.3 is 6.03 Å². The minimum atomic E-state index is -3.11. The normalized spacial score (nSPS) is 12.8. The second-order valence-electron chi connectivity index (χ2n) is 4.53. The van der Waals surface area contributed by atoms with Crippen molar-refractivity contribution in [2.45, 2.75) is 19.9 Å². The second-order valence-corrected chi connectivity index (χ2v) is 7.51. The molecule has 0 saturated heterocycles. The molecule has 0 fully saturated rings. The van der Waals surface area contributed by atoms with Crippen molar-refractivity contribution in [1.29, 1.82) is 0 Å². The summed E-state index contributed by atoms with van der Waals surface area (Å²) in [5.41, 5.74) is 1.64. The van der Waals surface area contributed by atoms with E-state index in [2.05, 4.69) is 26.6 Å². The zero-order valence-corrected chi connectivity index (χ0v) is 13.4. The molecule has 1 atom stereocenters. The van der Waals surface area contributed by atoms with Crippen LogP contribution in [0.15, 0.2) is 22.7 Å². The Balaban J connectivity index is 2.63. The molecule has 0 heterocycles. The topological polar surface area (TPSA) is 75.3 Å². The number of carbonyl (C=O) groups excluding carboxylic acids is 1. The lowest BCUT2D eigenvalue weighted by Gasteiger charge is -2.14. The molecule has 0 spiro atoms. The smallest absolute Gasteiger partial charge is 0.319 e. The Morgan fingerprint density at radius 3 is 2.63 bits per heavy atom. The van der Waals surface area contributed by atoms with Crippen LogP contribution in [0.4, 0.5) is 10.5 Å². The summed E-state index contributed by atoms with van der Waals surface area (Å²) in [6.07, 6.45) is 1.14. The van der Waals surface area contributed by atoms with Crippen molar-refractivity contribution in [3.05, 3.63) is 28.2 Å². The van der Waals surface area contributed by atoms with Crippen LogP contribution in [0.3, 0.4) is 0 Å². The van der Waals surface area contributed by atoms with E-state index in [1.165, 1.54) is 0 Å². The van der Waals surface area contributed by atoms with Gasteiger partial charge < -0.3 is 10.6 Å². The van der Waals surface area contributed by atoms with Crippen LogP contribution in [0.2, 0.25) is 0 Å². The molecule has 0 aliphatic heterocycles. The van der Waals surface area contributed by atoms with Crippen molar-refractivity contribution < 1.29 is 13.2 Å². The number of nitrogens with one attached hydrogen (secondary N) is 2. The molecule has 1 aromatic carbocycles. The lowest BCUT2D eigenvalue weighted by molar-refractivity contribution is 0.250. The van der Waals surface area contributed by atoms with Crippen molar-refractivity contribution in [2.24, 2.45) is 0 Å². The van der Waals surface area contributed by atoms with E-state index in [0.29, 0.717) is 5.69 Å². The van der Waals surface area contributed by atoms with Crippen LogP contribution < -0.4 is 10.6 Å². The van der Waals surface area contributed by atoms with Crippen LogP contribution in [0.25, 0.3) is 0 Å². The maximum Gasteiger partial charge on any atom is 0.319 e. The predicted octanol–water partition coefficient (Wildman–Crippen LogP) is 2.31. The Labute approximate surface area is 121 Å². The van der Waals surface area contributed by atoms with Gasteiger partial charge in [-0.25, -0.2) is 13.2 Å². The summed E-state index contributed by atoms with van der Waals surface area (Å²) in [4.78, 5) is 11.7. The first-order valence-electron chi connectivity index (χ1n) is 5.69. The summed E-state index contributed by atoms with van der Waals surface area (Å²) in [6.45, 7) is 3.56. The van der Waals surface area contributed by atoms with Crippen molar-refractivity contribution in [3.8, 4) is 0 Å². The molecular formula is C12H17BrN2O3S. The van der Waals surface area contributed by atoms with Crippen LogP contribution in [-0.4, -0.2) is 32.5 Å². The van der Waals surface area contributed by atoms with Crippen molar-refractivity contribution in [3.63, 3.8) is 0 Å². The Hall–Kier alpha value is -1.08. The molecule has 106 valence electrons. The third-order valence-corrected chi connectivity index (χ3v) is 4.53. The van der Waals surface area contributed by atoms with E-state index in [1.54, 1.807) is 13.0 Å². The Bertz CT molecular complexity index is 572. The minimum absolute atomic E-state index is 0.0879. The van der Waals surface area contributed by atoms with Gasteiger partial charge in [0.15, 0.2) is 0 Å². The summed E-state index contributed by atoms with van der Waals surface area (Å²) in [5, 5.41) is 5.26. The number of carbonyl (C=O) groups is 1. The highest BCUT2D eigenvalue weighted by Crippen LogP contribution is 2.25. The number of halogens is 1. The molecule has 0 saturated carbocycles. The first-order chi connectivity index (χ1) is 8.69. The van der Waals surface area contributed by atoms with Gasteiger partial charge in [-0.3, -0.25) is 0 Å². The van der Waals surface area contributed by atoms with Crippen LogP contribution in [0, 0.1) is 6.92 Å². The SMILES string of the molecule is Cc1cccc(NC(=O)NC(C)CS(C)(=O)=O)c1Br. The number of anilines is 1. The van der Waals surface area contributed by atoms with Crippen LogP contribution in [-0.2, 0) is 9.84 Å². The van der Waals surface area contributed by atoms with E-state index in [-0.39, 0.29) is 5.75 Å². The van der Waals surface area contributed by atoms with Crippen LogP contribution in [0.5, 0.6) is 0 Å². The van der Waals surface area contributed by atoms with E-state index >= 15 is 0 Å². The van der Waals surface area contributed by atoms with Gasteiger partial charge in [0.2, 0.25) is 0 Å². The van der Waals surface area contributed by atoms with E-state index in [4.69, 9.17) is 0 Å². The quantitative estimate of drug-likeness (QED) is 0.876. The van der Waals surface area contributed by atoms with Gasteiger partial charge in [-0.15, -0.1) is 0 Å². The highest BCUT2D eigenvalue weighted by Gasteiger charge is 2.14. The highest BCUT2D eigenvalue weighted by atomic mass is 79.9. The number of urea groups is 1. The lowest BCUT2D eigenvalue weighted by atomic mass is 10.2. The van der Waals surface area contributed by atoms with Crippen molar-refractivity contribution >= 4 is 37.5 Å². The van der Waals surface area contributed by atoms with E-state index < -0.39 is 21.9 Å². The molecule has 1 aromatic rings. The number of rotatable bonds is 4. The van der Waals surface area contributed by atoms with Gasteiger partial charge in [-0.05, 0) is 41.4 Å². The first kappa shape index (κ1) is 16.0. The number of hydrogen-bond donors (Lipinski definition) is 2. The summed E-state index contributed by atoms with van der Waals surface area (Å²) in [6, 6.07) is 4.63. The molecule has 19 heavy (non-hydrogen) atoms. The number of hydrogen-bond acceptors (Lipinski definition) is 3. The third-order valence-electron chi connectivity index (χ3n) is 2.37. The van der Waals surface area contributed by atoms with E-state index in [0.717, 1.165) is 16.3 Å². The maximum atomic E-state index is 11.7. The fraction of sp³-hybridized carbons (Fsp3) is 0.417. The number of benzene rings is 1. The van der Waals surface area contributed by atoms with E-state index in [1.807, 2.05) is 19.1 Å². The summed E-state index contributed by atoms with van der Waals surface area (Å²) in [5.74, 6) is -0.0879. The number of sulfone groups is 1. The third kappa shape index (κ3) is 5.61. The van der Waals surface area contributed by atoms with Gasteiger partial charge in [0, 0.05) is 16.8 Å². The average molecular weight is 349 g/mol. The maximum absolute atomic E-state index is 11.7. The van der Waals surface area contributed by atoms with E-state index in [9.17, 15) is 13.2 Å². The zero-order chi connectivity index (χ0) is 14.6. The number of amides is 2. The number of aryl methyl sites for hydroxylation is 1. The predicted molar refractivity (Wildman–Crippen MR) is 80.2 cm³/mol. The molecule has 2 N–H and O–H groups in total. The molecular weight excluding hydrogens is 332 g/mol. The highest BCUT2D eigenvalue weighted by molar-refractivity contribution is 9.10. The van der Waals surface area contributed by atoms with Gasteiger partial charge in [0.25, 0.3) is 0 Å². The second kappa shape index (κ2) is 6.38. The molecule has 1 unspecified atom stereocenters. The molecule has 2 amide bonds. The van der Waals surface area contributed by atoms with Gasteiger partial charge in [-0.2, -0.15) is 0 Å². The molecule has 1 rings (SSSR count). The zero-order valence-electron chi connectivity index (χ0n) is 11.0. The van der Waals surface area contributed by atoms with Crippen LogP contribution in [0.1, 0.15) is 12.5 Å². The molecule has 5 nitrogen and oxygen atoms in total. The average Bonchev–Trinajstić information content (AvgIpc) is 2.21. The molecule has 0 aromatic heterocycles. The molecule has 0 bridgehead atoms. The fourth-order valence-corrected chi connectivity index (χ4v) is 2.98. The lowest BCUT2D eigenvalue weighted by Crippen LogP contribution is -2.40. The molecule has 0 aliphatic carbocycles. The molecule has 7 heteroatoms. The summed E-state index contributed by atoms with van der Waals surface area (Å²) in [7, 11) is -3.11. The van der Waals surface area contributed by atoms with Crippen LogP contribution >= 0.6 is 15.9 Å². The molecule has 0 aliphatic rings. The fourth-order valence-electron chi connectivity index (χ4n) is 1.62. The first-order valence-corrected chi connectivity index (χ1v) is 8.55. The Kier molecular flexibility index (Phi) is 5.37.